The van der Waals surface area contributed by atoms with Crippen LogP contribution in [0.5, 0.6) is 5.75 Å². The predicted molar refractivity (Wildman–Crippen MR) is 150 cm³/mol. The van der Waals surface area contributed by atoms with Gasteiger partial charge in [0, 0.05) is 27.0 Å². The van der Waals surface area contributed by atoms with Crippen LogP contribution in [0, 0.1) is 13.8 Å². The van der Waals surface area contributed by atoms with Gasteiger partial charge in [-0.25, -0.2) is 4.98 Å². The first kappa shape index (κ1) is 26.7. The molecule has 2 aromatic carbocycles. The highest BCUT2D eigenvalue weighted by Gasteiger charge is 2.20. The van der Waals surface area contributed by atoms with Crippen LogP contribution in [0.1, 0.15) is 36.9 Å². The minimum absolute atomic E-state index is 0.152. The maximum atomic E-state index is 12.6. The van der Waals surface area contributed by atoms with Crippen molar-refractivity contribution in [3.05, 3.63) is 68.2 Å². The highest BCUT2D eigenvalue weighted by atomic mass is 79.9. The van der Waals surface area contributed by atoms with Gasteiger partial charge in [0.1, 0.15) is 5.75 Å². The summed E-state index contributed by atoms with van der Waals surface area (Å²) in [4.78, 5) is 17.1. The van der Waals surface area contributed by atoms with E-state index >= 15 is 0 Å². The molecule has 0 radical (unpaired) electrons. The molecule has 0 bridgehead atoms. The third-order valence-electron chi connectivity index (χ3n) is 5.37. The molecule has 4 aromatic rings. The van der Waals surface area contributed by atoms with E-state index in [-0.39, 0.29) is 17.8 Å². The quantitative estimate of drug-likeness (QED) is 0.201. The van der Waals surface area contributed by atoms with Crippen LogP contribution in [0.25, 0.3) is 11.3 Å². The van der Waals surface area contributed by atoms with E-state index in [4.69, 9.17) is 16.3 Å². The number of anilines is 1. The molecule has 1 amide bonds. The van der Waals surface area contributed by atoms with Gasteiger partial charge in [-0.3, -0.25) is 4.79 Å². The Labute approximate surface area is 231 Å². The lowest BCUT2D eigenvalue weighted by atomic mass is 10.1. The summed E-state index contributed by atoms with van der Waals surface area (Å²) >= 11 is 12.4. The number of benzene rings is 2. The number of amides is 1. The van der Waals surface area contributed by atoms with Crippen molar-refractivity contribution in [2.24, 2.45) is 0 Å². The second-order valence-corrected chi connectivity index (χ2v) is 11.2. The average Bonchev–Trinajstić information content (AvgIpc) is 3.48. The van der Waals surface area contributed by atoms with Gasteiger partial charge in [0.2, 0.25) is 5.91 Å². The minimum atomic E-state index is -0.326. The number of hydrogen-bond donors (Lipinski definition) is 1. The molecule has 0 aliphatic rings. The number of carbonyl (C=O) groups excluding carboxylic acids is 1. The van der Waals surface area contributed by atoms with Crippen LogP contribution in [0.3, 0.4) is 0 Å². The van der Waals surface area contributed by atoms with Crippen LogP contribution in [-0.2, 0) is 11.3 Å². The number of ether oxygens (including phenoxy) is 1. The van der Waals surface area contributed by atoms with Crippen LogP contribution < -0.4 is 10.1 Å². The Hall–Kier alpha value is -2.40. The van der Waals surface area contributed by atoms with E-state index in [1.165, 1.54) is 23.1 Å². The first-order chi connectivity index (χ1) is 17.2. The summed E-state index contributed by atoms with van der Waals surface area (Å²) in [5, 5.41) is 15.4. The van der Waals surface area contributed by atoms with Crippen molar-refractivity contribution in [2.45, 2.75) is 45.5 Å². The molecule has 11 heteroatoms. The number of hydrogen-bond acceptors (Lipinski definition) is 7. The SMILES string of the molecule is CCn1c(SCC(=O)Nc2nc(-c3ccc(Br)cc3)cs2)nnc1C(C)Oc1cc(C)c(Cl)c(C)c1. The highest BCUT2D eigenvalue weighted by molar-refractivity contribution is 9.10. The van der Waals surface area contributed by atoms with Crippen LogP contribution in [-0.4, -0.2) is 31.4 Å². The van der Waals surface area contributed by atoms with Crippen molar-refractivity contribution in [3.63, 3.8) is 0 Å². The molecule has 0 aliphatic heterocycles. The number of carbonyl (C=O) groups is 1. The molecule has 1 unspecified atom stereocenters. The van der Waals surface area contributed by atoms with Gasteiger partial charge >= 0.3 is 0 Å². The van der Waals surface area contributed by atoms with Gasteiger partial charge in [0.25, 0.3) is 0 Å². The summed E-state index contributed by atoms with van der Waals surface area (Å²) in [6.07, 6.45) is -0.326. The summed E-state index contributed by atoms with van der Waals surface area (Å²) in [6, 6.07) is 11.7. The van der Waals surface area contributed by atoms with E-state index in [1.807, 2.05) is 74.0 Å². The van der Waals surface area contributed by atoms with Crippen molar-refractivity contribution in [2.75, 3.05) is 11.1 Å². The highest BCUT2D eigenvalue weighted by Crippen LogP contribution is 2.30. The number of nitrogens with one attached hydrogen (secondary N) is 1. The number of halogens is 2. The van der Waals surface area contributed by atoms with Crippen molar-refractivity contribution >= 4 is 61.7 Å². The van der Waals surface area contributed by atoms with E-state index in [9.17, 15) is 4.79 Å². The molecule has 2 aromatic heterocycles. The lowest BCUT2D eigenvalue weighted by molar-refractivity contribution is -0.113. The van der Waals surface area contributed by atoms with Crippen molar-refractivity contribution < 1.29 is 9.53 Å². The van der Waals surface area contributed by atoms with Gasteiger partial charge in [0.15, 0.2) is 22.2 Å². The van der Waals surface area contributed by atoms with Crippen molar-refractivity contribution in [3.8, 4) is 17.0 Å². The van der Waals surface area contributed by atoms with Gasteiger partial charge in [0.05, 0.1) is 11.4 Å². The van der Waals surface area contributed by atoms with E-state index < -0.39 is 0 Å². The zero-order valence-corrected chi connectivity index (χ0v) is 24.2. The number of nitrogens with zero attached hydrogens (tertiary/aromatic N) is 4. The molecule has 0 spiro atoms. The van der Waals surface area contributed by atoms with Gasteiger partial charge in [-0.05, 0) is 63.1 Å². The van der Waals surface area contributed by atoms with Gasteiger partial charge in [-0.2, -0.15) is 0 Å². The summed E-state index contributed by atoms with van der Waals surface area (Å²) in [5.74, 6) is 1.47. The topological polar surface area (TPSA) is 81.9 Å². The fourth-order valence-corrected chi connectivity index (χ4v) is 5.52. The van der Waals surface area contributed by atoms with Gasteiger partial charge < -0.3 is 14.6 Å². The molecule has 2 heterocycles. The molecular weight excluding hydrogens is 582 g/mol. The predicted octanol–water partition coefficient (Wildman–Crippen LogP) is 7.33. The molecule has 0 saturated carbocycles. The number of thioether (sulfide) groups is 1. The van der Waals surface area contributed by atoms with Crippen LogP contribution in [0.4, 0.5) is 5.13 Å². The molecule has 0 aliphatic carbocycles. The Morgan fingerprint density at radius 2 is 1.92 bits per heavy atom. The average molecular weight is 607 g/mol. The Morgan fingerprint density at radius 1 is 1.22 bits per heavy atom. The van der Waals surface area contributed by atoms with E-state index in [0.29, 0.717) is 22.7 Å². The molecule has 36 heavy (non-hydrogen) atoms. The van der Waals surface area contributed by atoms with Gasteiger partial charge in [-0.1, -0.05) is 51.4 Å². The number of aromatic nitrogens is 4. The monoisotopic (exact) mass is 605 g/mol. The number of rotatable bonds is 9. The third kappa shape index (κ3) is 6.29. The largest absolute Gasteiger partial charge is 0.483 e. The molecule has 0 fully saturated rings. The molecule has 7 nitrogen and oxygen atoms in total. The van der Waals surface area contributed by atoms with E-state index in [1.54, 1.807) is 0 Å². The van der Waals surface area contributed by atoms with E-state index in [0.717, 1.165) is 37.6 Å². The Bertz CT molecular complexity index is 1350. The fourth-order valence-electron chi connectivity index (χ4n) is 3.61. The summed E-state index contributed by atoms with van der Waals surface area (Å²) in [5.41, 5.74) is 3.74. The summed E-state index contributed by atoms with van der Waals surface area (Å²) in [7, 11) is 0. The number of aryl methyl sites for hydroxylation is 2. The molecule has 0 saturated heterocycles. The second-order valence-electron chi connectivity index (χ2n) is 8.10. The van der Waals surface area contributed by atoms with Gasteiger partial charge in [-0.15, -0.1) is 21.5 Å². The third-order valence-corrected chi connectivity index (χ3v) is 8.22. The van der Waals surface area contributed by atoms with Crippen LogP contribution in [0.2, 0.25) is 5.02 Å². The first-order valence-electron chi connectivity index (χ1n) is 11.3. The smallest absolute Gasteiger partial charge is 0.236 e. The molecular formula is C25H25BrClN5O2S2. The zero-order valence-electron chi connectivity index (χ0n) is 20.2. The maximum absolute atomic E-state index is 12.6. The molecule has 188 valence electrons. The standard InChI is InChI=1S/C25H25BrClN5O2S2/c1-5-32-23(16(4)34-19-10-14(2)22(27)15(3)11-19)30-31-25(32)36-13-21(33)29-24-28-20(12-35-24)17-6-8-18(26)9-7-17/h6-12,16H,5,13H2,1-4H3,(H,28,29,33). The second kappa shape index (κ2) is 11.8. The molecule has 4 rings (SSSR count). The zero-order chi connectivity index (χ0) is 25.8. The molecule has 1 N–H and O–H groups in total. The normalized spacial score (nSPS) is 11.9. The minimum Gasteiger partial charge on any atom is -0.483 e. The molecule has 1 atom stereocenters. The van der Waals surface area contributed by atoms with Crippen molar-refractivity contribution in [1.82, 2.24) is 19.7 Å². The maximum Gasteiger partial charge on any atom is 0.236 e. The summed E-state index contributed by atoms with van der Waals surface area (Å²) in [6.45, 7) is 8.51. The van der Waals surface area contributed by atoms with Crippen LogP contribution in [0.15, 0.2) is 51.4 Å². The van der Waals surface area contributed by atoms with Crippen molar-refractivity contribution in [1.29, 1.82) is 0 Å². The first-order valence-corrected chi connectivity index (χ1v) is 14.3. The summed E-state index contributed by atoms with van der Waals surface area (Å²) < 4.78 is 9.11. The van der Waals surface area contributed by atoms with E-state index in [2.05, 4.69) is 36.4 Å². The lowest BCUT2D eigenvalue weighted by Gasteiger charge is -2.17. The lowest BCUT2D eigenvalue weighted by Crippen LogP contribution is -2.15. The van der Waals surface area contributed by atoms with Crippen LogP contribution >= 0.6 is 50.6 Å². The number of thiazole rings is 1. The fraction of sp³-hybridized carbons (Fsp3) is 0.280. The Morgan fingerprint density at radius 3 is 2.58 bits per heavy atom. The Kier molecular flexibility index (Phi) is 8.71. The Balaban J connectivity index is 1.37.